The van der Waals surface area contributed by atoms with E-state index in [-0.39, 0.29) is 41.5 Å². The molecule has 1 atom stereocenters. The third-order valence-corrected chi connectivity index (χ3v) is 5.74. The van der Waals surface area contributed by atoms with Crippen molar-refractivity contribution in [2.75, 3.05) is 24.6 Å². The lowest BCUT2D eigenvalue weighted by Crippen LogP contribution is -2.44. The Hall–Kier alpha value is -1.36. The fourth-order valence-corrected chi connectivity index (χ4v) is 4.49. The Bertz CT molecular complexity index is 801. The van der Waals surface area contributed by atoms with Gasteiger partial charge in [0.1, 0.15) is 5.65 Å². The van der Waals surface area contributed by atoms with Gasteiger partial charge in [0, 0.05) is 37.9 Å². The largest absolute Gasteiger partial charge is 0.357 e. The first kappa shape index (κ1) is 20.0. The zero-order chi connectivity index (χ0) is 17.0. The van der Waals surface area contributed by atoms with Crippen LogP contribution in [0.4, 0.5) is 0 Å². The second kappa shape index (κ2) is 8.84. The lowest BCUT2D eigenvalue weighted by molar-refractivity contribution is 0.599. The molecular weight excluding hydrogens is 453 g/mol. The number of halogens is 1. The van der Waals surface area contributed by atoms with Crippen LogP contribution in [0.3, 0.4) is 0 Å². The quantitative estimate of drug-likeness (QED) is 0.385. The molecule has 138 valence electrons. The van der Waals surface area contributed by atoms with Crippen LogP contribution in [0.25, 0.3) is 5.65 Å². The first-order valence-corrected chi connectivity index (χ1v) is 10.1. The van der Waals surface area contributed by atoms with Crippen molar-refractivity contribution in [3.8, 4) is 0 Å². The van der Waals surface area contributed by atoms with Gasteiger partial charge in [-0.05, 0) is 25.5 Å². The molecule has 3 heterocycles. The number of imidazole rings is 1. The predicted molar refractivity (Wildman–Crippen MR) is 110 cm³/mol. The van der Waals surface area contributed by atoms with Gasteiger partial charge in [-0.15, -0.1) is 24.0 Å². The number of pyridine rings is 1. The molecule has 0 spiro atoms. The van der Waals surface area contributed by atoms with Crippen LogP contribution in [0, 0.1) is 0 Å². The smallest absolute Gasteiger partial charge is 0.191 e. The molecule has 2 N–H and O–H groups in total. The average molecular weight is 477 g/mol. The van der Waals surface area contributed by atoms with Gasteiger partial charge in [0.2, 0.25) is 0 Å². The first-order valence-electron chi connectivity index (χ1n) is 8.23. The van der Waals surface area contributed by atoms with Crippen LogP contribution in [0.2, 0.25) is 0 Å². The third kappa shape index (κ3) is 5.56. The molecule has 0 saturated carbocycles. The van der Waals surface area contributed by atoms with E-state index in [1.54, 1.807) is 0 Å². The highest BCUT2D eigenvalue weighted by atomic mass is 127. The van der Waals surface area contributed by atoms with Crippen molar-refractivity contribution in [2.24, 2.45) is 4.99 Å². The number of nitrogens with zero attached hydrogens (tertiary/aromatic N) is 3. The molecule has 0 radical (unpaired) electrons. The van der Waals surface area contributed by atoms with Crippen LogP contribution in [-0.4, -0.2) is 54.4 Å². The van der Waals surface area contributed by atoms with Crippen molar-refractivity contribution < 1.29 is 8.42 Å². The molecule has 1 unspecified atom stereocenters. The Morgan fingerprint density at radius 1 is 1.44 bits per heavy atom. The van der Waals surface area contributed by atoms with Gasteiger partial charge in [-0.25, -0.2) is 13.4 Å². The molecule has 2 aromatic rings. The number of hydrogen-bond donors (Lipinski definition) is 2. The molecule has 0 bridgehead atoms. The number of rotatable bonds is 5. The van der Waals surface area contributed by atoms with Crippen molar-refractivity contribution in [3.05, 3.63) is 36.3 Å². The molecule has 9 heteroatoms. The molecule has 0 amide bonds. The van der Waals surface area contributed by atoms with Crippen LogP contribution in [0.5, 0.6) is 0 Å². The molecule has 0 aromatic carbocycles. The number of sulfone groups is 1. The molecule has 7 nitrogen and oxygen atoms in total. The van der Waals surface area contributed by atoms with E-state index < -0.39 is 9.84 Å². The molecule has 2 aromatic heterocycles. The van der Waals surface area contributed by atoms with E-state index in [9.17, 15) is 8.42 Å². The topological polar surface area (TPSA) is 87.9 Å². The number of aliphatic imine (C=N–C) groups is 1. The number of guanidine groups is 1. The van der Waals surface area contributed by atoms with E-state index in [2.05, 4.69) is 20.6 Å². The summed E-state index contributed by atoms with van der Waals surface area (Å²) in [6, 6.07) is 5.86. The maximum atomic E-state index is 11.6. The van der Waals surface area contributed by atoms with Crippen LogP contribution in [-0.2, 0) is 16.3 Å². The molecule has 3 rings (SSSR count). The summed E-state index contributed by atoms with van der Waals surface area (Å²) >= 11 is 0. The van der Waals surface area contributed by atoms with Crippen LogP contribution in [0.1, 0.15) is 19.0 Å². The van der Waals surface area contributed by atoms with E-state index in [1.807, 2.05) is 41.9 Å². The number of hydrogen-bond acceptors (Lipinski definition) is 4. The summed E-state index contributed by atoms with van der Waals surface area (Å²) < 4.78 is 25.1. The van der Waals surface area contributed by atoms with Crippen molar-refractivity contribution in [2.45, 2.75) is 25.8 Å². The third-order valence-electron chi connectivity index (χ3n) is 3.97. The summed E-state index contributed by atoms with van der Waals surface area (Å²) in [5.41, 5.74) is 1.92. The minimum Gasteiger partial charge on any atom is -0.357 e. The van der Waals surface area contributed by atoms with Crippen molar-refractivity contribution in [3.63, 3.8) is 0 Å². The summed E-state index contributed by atoms with van der Waals surface area (Å²) in [4.78, 5) is 9.09. The number of fused-ring (bicyclic) bond motifs is 1. The van der Waals surface area contributed by atoms with Crippen LogP contribution in [0.15, 0.2) is 35.6 Å². The second-order valence-corrected chi connectivity index (χ2v) is 8.18. The van der Waals surface area contributed by atoms with Gasteiger partial charge in [0.25, 0.3) is 0 Å². The van der Waals surface area contributed by atoms with Gasteiger partial charge in [-0.3, -0.25) is 4.99 Å². The Morgan fingerprint density at radius 2 is 2.28 bits per heavy atom. The number of aromatic nitrogens is 2. The van der Waals surface area contributed by atoms with Gasteiger partial charge in [0.05, 0.1) is 17.2 Å². The average Bonchev–Trinajstić information content (AvgIpc) is 3.09. The zero-order valence-electron chi connectivity index (χ0n) is 14.2. The second-order valence-electron chi connectivity index (χ2n) is 5.95. The van der Waals surface area contributed by atoms with Gasteiger partial charge >= 0.3 is 0 Å². The number of nitrogens with one attached hydrogen (secondary N) is 2. The van der Waals surface area contributed by atoms with E-state index in [4.69, 9.17) is 0 Å². The lowest BCUT2D eigenvalue weighted by Gasteiger charge is -2.15. The molecule has 1 aliphatic rings. The lowest BCUT2D eigenvalue weighted by atomic mass is 10.3. The minimum atomic E-state index is -2.89. The van der Waals surface area contributed by atoms with Gasteiger partial charge in [0.15, 0.2) is 15.8 Å². The summed E-state index contributed by atoms with van der Waals surface area (Å²) in [7, 11) is -2.89. The van der Waals surface area contributed by atoms with E-state index in [0.29, 0.717) is 18.9 Å². The Morgan fingerprint density at radius 3 is 2.96 bits per heavy atom. The molecular formula is C16H24IN5O2S. The van der Waals surface area contributed by atoms with E-state index in [0.717, 1.165) is 24.3 Å². The maximum absolute atomic E-state index is 11.6. The zero-order valence-corrected chi connectivity index (χ0v) is 17.3. The summed E-state index contributed by atoms with van der Waals surface area (Å²) in [5, 5.41) is 6.39. The summed E-state index contributed by atoms with van der Waals surface area (Å²) in [5.74, 6) is 1.11. The summed E-state index contributed by atoms with van der Waals surface area (Å²) in [6.45, 7) is 3.32. The molecule has 0 aliphatic carbocycles. The van der Waals surface area contributed by atoms with Gasteiger partial charge < -0.3 is 15.0 Å². The van der Waals surface area contributed by atoms with Gasteiger partial charge in [-0.1, -0.05) is 6.07 Å². The Kier molecular flexibility index (Phi) is 7.05. The summed E-state index contributed by atoms with van der Waals surface area (Å²) in [6.07, 6.45) is 5.36. The normalized spacial score (nSPS) is 19.6. The van der Waals surface area contributed by atoms with Crippen molar-refractivity contribution in [1.82, 2.24) is 20.0 Å². The monoisotopic (exact) mass is 477 g/mol. The van der Waals surface area contributed by atoms with Crippen molar-refractivity contribution >= 4 is 45.4 Å². The fraction of sp³-hybridized carbons (Fsp3) is 0.500. The van der Waals surface area contributed by atoms with E-state index in [1.165, 1.54) is 0 Å². The van der Waals surface area contributed by atoms with E-state index >= 15 is 0 Å². The van der Waals surface area contributed by atoms with Crippen molar-refractivity contribution in [1.29, 1.82) is 0 Å². The first-order chi connectivity index (χ1) is 11.6. The predicted octanol–water partition coefficient (Wildman–Crippen LogP) is 1.24. The molecule has 1 saturated heterocycles. The molecule has 1 fully saturated rings. The molecule has 1 aliphatic heterocycles. The standard InChI is InChI=1S/C16H23N5O2S.HI/c1-2-17-16(20-14-7-10-24(22,23)12-14)18-8-6-13-11-21-9-4-3-5-15(21)19-13;/h3-5,9,11,14H,2,6-8,10,12H2,1H3,(H2,17,18,20);1H. The Balaban J connectivity index is 0.00000225. The molecule has 25 heavy (non-hydrogen) atoms. The SMILES string of the molecule is CCNC(=NCCc1cn2ccccc2n1)NC1CCS(=O)(=O)C1.I. The highest BCUT2D eigenvalue weighted by Crippen LogP contribution is 2.11. The van der Waals surface area contributed by atoms with Crippen LogP contribution < -0.4 is 10.6 Å². The van der Waals surface area contributed by atoms with Gasteiger partial charge in [-0.2, -0.15) is 0 Å². The van der Waals surface area contributed by atoms with Crippen LogP contribution >= 0.6 is 24.0 Å². The Labute approximate surface area is 165 Å². The minimum absolute atomic E-state index is 0. The highest BCUT2D eigenvalue weighted by molar-refractivity contribution is 14.0. The maximum Gasteiger partial charge on any atom is 0.191 e. The highest BCUT2D eigenvalue weighted by Gasteiger charge is 2.28. The fourth-order valence-electron chi connectivity index (χ4n) is 2.81.